The van der Waals surface area contributed by atoms with Crippen LogP contribution in [0.5, 0.6) is 0 Å². The smallest absolute Gasteiger partial charge is 0.290 e. The van der Waals surface area contributed by atoms with Crippen LogP contribution in [0, 0.1) is 0 Å². The molecule has 1 fully saturated rings. The number of benzene rings is 1. The Morgan fingerprint density at radius 2 is 1.97 bits per heavy atom. The van der Waals surface area contributed by atoms with Crippen molar-refractivity contribution in [3.63, 3.8) is 0 Å². The number of aliphatic hydroxyl groups is 1. The molecule has 30 heavy (non-hydrogen) atoms. The second-order valence-electron chi connectivity index (χ2n) is 7.81. The summed E-state index contributed by atoms with van der Waals surface area (Å²) in [5, 5.41) is 13.5. The zero-order valence-electron chi connectivity index (χ0n) is 16.1. The molecule has 154 valence electrons. The molecule has 7 heteroatoms. The molecule has 0 bridgehead atoms. The van der Waals surface area contributed by atoms with Gasteiger partial charge in [-0.3, -0.25) is 9.59 Å². The van der Waals surface area contributed by atoms with Crippen molar-refractivity contribution in [1.82, 2.24) is 4.90 Å². The van der Waals surface area contributed by atoms with E-state index >= 15 is 0 Å². The van der Waals surface area contributed by atoms with E-state index in [0.29, 0.717) is 5.58 Å². The molecule has 1 amide bonds. The average Bonchev–Trinajstić information content (AvgIpc) is 3.47. The zero-order chi connectivity index (χ0) is 20.8. The van der Waals surface area contributed by atoms with Crippen molar-refractivity contribution < 1.29 is 19.1 Å². The second kappa shape index (κ2) is 7.71. The maximum Gasteiger partial charge on any atom is 0.290 e. The van der Waals surface area contributed by atoms with Crippen LogP contribution in [0.25, 0.3) is 11.0 Å². The van der Waals surface area contributed by atoms with Crippen molar-refractivity contribution in [2.75, 3.05) is 0 Å². The van der Waals surface area contributed by atoms with E-state index in [2.05, 4.69) is 15.9 Å². The first-order valence-electron chi connectivity index (χ1n) is 10.1. The van der Waals surface area contributed by atoms with Crippen LogP contribution in [-0.4, -0.2) is 27.7 Å². The zero-order valence-corrected chi connectivity index (χ0v) is 18.5. The fourth-order valence-corrected chi connectivity index (χ4v) is 5.79. The SMILES string of the molecule is O=C(C1=C(O)C(=O)N(C2CCCCC2)C1c1cccs1)c1cc2cc(Br)ccc2o1. The Bertz CT molecular complexity index is 1160. The van der Waals surface area contributed by atoms with Gasteiger partial charge >= 0.3 is 0 Å². The number of aliphatic hydroxyl groups excluding tert-OH is 1. The number of halogens is 1. The predicted molar refractivity (Wildman–Crippen MR) is 119 cm³/mol. The maximum atomic E-state index is 13.5. The van der Waals surface area contributed by atoms with Gasteiger partial charge < -0.3 is 14.4 Å². The van der Waals surface area contributed by atoms with Crippen LogP contribution in [0.1, 0.15) is 53.6 Å². The largest absolute Gasteiger partial charge is 0.503 e. The minimum absolute atomic E-state index is 0.0254. The average molecular weight is 486 g/mol. The van der Waals surface area contributed by atoms with Crippen LogP contribution in [0.15, 0.2) is 62.0 Å². The summed E-state index contributed by atoms with van der Waals surface area (Å²) in [4.78, 5) is 29.2. The van der Waals surface area contributed by atoms with E-state index < -0.39 is 23.5 Å². The molecular weight excluding hydrogens is 466 g/mol. The van der Waals surface area contributed by atoms with Gasteiger partial charge in [-0.25, -0.2) is 0 Å². The van der Waals surface area contributed by atoms with Gasteiger partial charge in [0.05, 0.1) is 5.57 Å². The Labute approximate surface area is 186 Å². The van der Waals surface area contributed by atoms with Gasteiger partial charge in [-0.1, -0.05) is 41.3 Å². The number of thiophene rings is 1. The third kappa shape index (κ3) is 3.20. The second-order valence-corrected chi connectivity index (χ2v) is 9.70. The third-order valence-electron chi connectivity index (χ3n) is 5.97. The molecule has 0 saturated heterocycles. The van der Waals surface area contributed by atoms with Gasteiger partial charge in [-0.05, 0) is 48.6 Å². The summed E-state index contributed by atoms with van der Waals surface area (Å²) < 4.78 is 6.67. The Morgan fingerprint density at radius 1 is 1.17 bits per heavy atom. The van der Waals surface area contributed by atoms with E-state index in [0.717, 1.165) is 46.8 Å². The Hall–Kier alpha value is -2.38. The number of furan rings is 1. The monoisotopic (exact) mass is 485 g/mol. The number of Topliss-reactive ketones (excluding diaryl/α,β-unsaturated/α-hetero) is 1. The van der Waals surface area contributed by atoms with Crippen molar-refractivity contribution in [2.24, 2.45) is 0 Å². The van der Waals surface area contributed by atoms with Gasteiger partial charge in [0.2, 0.25) is 5.78 Å². The topological polar surface area (TPSA) is 70.8 Å². The first kappa shape index (κ1) is 19.6. The van der Waals surface area contributed by atoms with Crippen LogP contribution in [0.4, 0.5) is 0 Å². The van der Waals surface area contributed by atoms with E-state index in [1.165, 1.54) is 11.3 Å². The number of hydrogen-bond acceptors (Lipinski definition) is 5. The maximum absolute atomic E-state index is 13.5. The number of carbonyl (C=O) groups excluding carboxylic acids is 2. The molecule has 5 rings (SSSR count). The number of hydrogen-bond donors (Lipinski definition) is 1. The minimum Gasteiger partial charge on any atom is -0.503 e. The van der Waals surface area contributed by atoms with Crippen LogP contribution in [-0.2, 0) is 4.79 Å². The van der Waals surface area contributed by atoms with E-state index in [1.54, 1.807) is 17.0 Å². The molecule has 5 nitrogen and oxygen atoms in total. The highest BCUT2D eigenvalue weighted by Gasteiger charge is 2.47. The highest BCUT2D eigenvalue weighted by atomic mass is 79.9. The summed E-state index contributed by atoms with van der Waals surface area (Å²) in [6.45, 7) is 0. The third-order valence-corrected chi connectivity index (χ3v) is 7.39. The summed E-state index contributed by atoms with van der Waals surface area (Å²) >= 11 is 4.91. The van der Waals surface area contributed by atoms with E-state index in [-0.39, 0.29) is 17.4 Å². The fourth-order valence-electron chi connectivity index (χ4n) is 4.58. The Balaban J connectivity index is 1.58. The molecular formula is C23H20BrNO4S. The molecule has 1 saturated carbocycles. The van der Waals surface area contributed by atoms with Crippen molar-refractivity contribution in [1.29, 1.82) is 0 Å². The number of nitrogens with zero attached hydrogens (tertiary/aromatic N) is 1. The number of ketones is 1. The van der Waals surface area contributed by atoms with Crippen LogP contribution in [0.3, 0.4) is 0 Å². The number of rotatable bonds is 4. The van der Waals surface area contributed by atoms with Gasteiger partial charge in [0.15, 0.2) is 11.5 Å². The van der Waals surface area contributed by atoms with Crippen molar-refractivity contribution in [3.8, 4) is 0 Å². The van der Waals surface area contributed by atoms with Gasteiger partial charge in [0.1, 0.15) is 11.6 Å². The first-order chi connectivity index (χ1) is 14.5. The molecule has 0 spiro atoms. The standard InChI is InChI=1S/C23H20BrNO4S/c24-14-8-9-16-13(11-14)12-17(29-16)21(26)19-20(18-7-4-10-30-18)25(23(28)22(19)27)15-5-2-1-3-6-15/h4,7-12,15,20,27H,1-3,5-6H2. The van der Waals surface area contributed by atoms with E-state index in [1.807, 2.05) is 29.6 Å². The molecule has 3 aromatic rings. The number of carbonyl (C=O) groups is 2. The van der Waals surface area contributed by atoms with Crippen LogP contribution < -0.4 is 0 Å². The van der Waals surface area contributed by atoms with Crippen molar-refractivity contribution in [3.05, 3.63) is 68.2 Å². The van der Waals surface area contributed by atoms with Gasteiger partial charge in [0, 0.05) is 20.8 Å². The van der Waals surface area contributed by atoms with Crippen LogP contribution in [0.2, 0.25) is 0 Å². The lowest BCUT2D eigenvalue weighted by Gasteiger charge is -2.35. The number of amides is 1. The molecule has 1 aliphatic heterocycles. The summed E-state index contributed by atoms with van der Waals surface area (Å²) in [7, 11) is 0. The molecule has 1 aromatic carbocycles. The summed E-state index contributed by atoms with van der Waals surface area (Å²) in [6.07, 6.45) is 5.03. The fraction of sp³-hybridized carbons (Fsp3) is 0.304. The molecule has 0 radical (unpaired) electrons. The normalized spacial score (nSPS) is 20.5. The van der Waals surface area contributed by atoms with E-state index in [4.69, 9.17) is 4.42 Å². The van der Waals surface area contributed by atoms with Gasteiger partial charge in [-0.15, -0.1) is 11.3 Å². The van der Waals surface area contributed by atoms with Gasteiger partial charge in [-0.2, -0.15) is 0 Å². The molecule has 1 atom stereocenters. The van der Waals surface area contributed by atoms with Crippen molar-refractivity contribution >= 4 is 49.9 Å². The van der Waals surface area contributed by atoms with Gasteiger partial charge in [0.25, 0.3) is 5.91 Å². The first-order valence-corrected chi connectivity index (χ1v) is 11.7. The Kier molecular flexibility index (Phi) is 5.03. The summed E-state index contributed by atoms with van der Waals surface area (Å²) in [5.74, 6) is -1.22. The van der Waals surface area contributed by atoms with Crippen LogP contribution >= 0.6 is 27.3 Å². The number of fused-ring (bicyclic) bond motifs is 1. The molecule has 2 aromatic heterocycles. The lowest BCUT2D eigenvalue weighted by Crippen LogP contribution is -2.41. The highest BCUT2D eigenvalue weighted by molar-refractivity contribution is 9.10. The Morgan fingerprint density at radius 3 is 2.70 bits per heavy atom. The molecule has 1 unspecified atom stereocenters. The predicted octanol–water partition coefficient (Wildman–Crippen LogP) is 6.17. The molecule has 2 aliphatic rings. The highest BCUT2D eigenvalue weighted by Crippen LogP contribution is 2.44. The van der Waals surface area contributed by atoms with E-state index in [9.17, 15) is 14.7 Å². The van der Waals surface area contributed by atoms with Crippen molar-refractivity contribution in [2.45, 2.75) is 44.2 Å². The molecule has 1 N–H and O–H groups in total. The quantitative estimate of drug-likeness (QED) is 0.448. The lowest BCUT2D eigenvalue weighted by molar-refractivity contribution is -0.132. The minimum atomic E-state index is -0.576. The lowest BCUT2D eigenvalue weighted by atomic mass is 9.92. The molecule has 1 aliphatic carbocycles. The summed E-state index contributed by atoms with van der Waals surface area (Å²) in [5.41, 5.74) is 0.703. The molecule has 3 heterocycles. The summed E-state index contributed by atoms with van der Waals surface area (Å²) in [6, 6.07) is 10.4.